The zero-order chi connectivity index (χ0) is 12.6. The predicted octanol–water partition coefficient (Wildman–Crippen LogP) is 3.76. The van der Waals surface area contributed by atoms with Crippen molar-refractivity contribution in [3.8, 4) is 0 Å². The van der Waals surface area contributed by atoms with E-state index in [-0.39, 0.29) is 11.9 Å². The summed E-state index contributed by atoms with van der Waals surface area (Å²) in [6.45, 7) is 6.49. The molecule has 2 unspecified atom stereocenters. The highest BCUT2D eigenvalue weighted by molar-refractivity contribution is 5.28. The minimum absolute atomic E-state index is 0.143. The number of halogens is 1. The predicted molar refractivity (Wildman–Crippen MR) is 69.5 cm³/mol. The van der Waals surface area contributed by atoms with Gasteiger partial charge in [0.15, 0.2) is 0 Å². The van der Waals surface area contributed by atoms with Crippen molar-refractivity contribution in [1.29, 1.82) is 0 Å². The Morgan fingerprint density at radius 2 is 2.00 bits per heavy atom. The summed E-state index contributed by atoms with van der Waals surface area (Å²) in [5, 5.41) is 0. The summed E-state index contributed by atoms with van der Waals surface area (Å²) in [5.41, 5.74) is 8.58. The Labute approximate surface area is 103 Å². The maximum atomic E-state index is 13.5. The summed E-state index contributed by atoms with van der Waals surface area (Å²) >= 11 is 0. The molecular formula is C15H22FN. The van der Waals surface area contributed by atoms with Crippen LogP contribution in [-0.4, -0.2) is 6.04 Å². The van der Waals surface area contributed by atoms with Crippen LogP contribution in [0.1, 0.15) is 50.2 Å². The molecule has 0 radical (unpaired) electrons. The highest BCUT2D eigenvalue weighted by Gasteiger charge is 2.33. The lowest BCUT2D eigenvalue weighted by Crippen LogP contribution is -2.37. The van der Waals surface area contributed by atoms with Crippen molar-refractivity contribution in [1.82, 2.24) is 0 Å². The number of aryl methyl sites for hydroxylation is 1. The van der Waals surface area contributed by atoms with Crippen molar-refractivity contribution in [2.45, 2.75) is 52.0 Å². The lowest BCUT2D eigenvalue weighted by Gasteiger charge is -2.39. The average Bonchev–Trinajstić information content (AvgIpc) is 2.20. The molecule has 1 fully saturated rings. The van der Waals surface area contributed by atoms with Crippen molar-refractivity contribution in [2.24, 2.45) is 11.1 Å². The number of benzene rings is 1. The molecule has 2 heteroatoms. The van der Waals surface area contributed by atoms with Gasteiger partial charge in [-0.3, -0.25) is 0 Å². The molecule has 0 bridgehead atoms. The van der Waals surface area contributed by atoms with Gasteiger partial charge in [0.2, 0.25) is 0 Å². The Kier molecular flexibility index (Phi) is 3.26. The molecule has 1 aromatic rings. The second-order valence-electron chi connectivity index (χ2n) is 6.24. The van der Waals surface area contributed by atoms with Crippen molar-refractivity contribution in [2.75, 3.05) is 0 Å². The van der Waals surface area contributed by atoms with Crippen LogP contribution < -0.4 is 5.73 Å². The fourth-order valence-corrected chi connectivity index (χ4v) is 2.95. The van der Waals surface area contributed by atoms with E-state index in [0.717, 1.165) is 24.0 Å². The zero-order valence-corrected chi connectivity index (χ0v) is 11.0. The molecule has 0 aromatic heterocycles. The molecule has 0 heterocycles. The molecule has 0 saturated heterocycles. The largest absolute Gasteiger partial charge is 0.327 e. The van der Waals surface area contributed by atoms with Crippen molar-refractivity contribution in [3.05, 3.63) is 35.1 Å². The maximum absolute atomic E-state index is 13.5. The van der Waals surface area contributed by atoms with Gasteiger partial charge in [-0.2, -0.15) is 0 Å². The highest BCUT2D eigenvalue weighted by atomic mass is 19.1. The van der Waals surface area contributed by atoms with E-state index >= 15 is 0 Å². The second-order valence-corrected chi connectivity index (χ2v) is 6.24. The standard InChI is InChI=1S/C15H22FN/c1-10-6-11(8-12(16)7-10)13-9-15(2,3)5-4-14(13)17/h6-8,13-14H,4-5,9,17H2,1-3H3. The number of rotatable bonds is 1. The lowest BCUT2D eigenvalue weighted by molar-refractivity contribution is 0.198. The number of hydrogen-bond donors (Lipinski definition) is 1. The van der Waals surface area contributed by atoms with E-state index in [1.165, 1.54) is 6.42 Å². The molecule has 1 aliphatic carbocycles. The maximum Gasteiger partial charge on any atom is 0.123 e. The van der Waals surface area contributed by atoms with Crippen molar-refractivity contribution >= 4 is 0 Å². The number of nitrogens with two attached hydrogens (primary N) is 1. The highest BCUT2D eigenvalue weighted by Crippen LogP contribution is 2.43. The molecule has 0 spiro atoms. The molecule has 1 aromatic carbocycles. The Hall–Kier alpha value is -0.890. The minimum atomic E-state index is -0.143. The number of hydrogen-bond acceptors (Lipinski definition) is 1. The van der Waals surface area contributed by atoms with Crippen LogP contribution in [0.2, 0.25) is 0 Å². The van der Waals surface area contributed by atoms with Crippen LogP contribution in [0, 0.1) is 18.2 Å². The summed E-state index contributed by atoms with van der Waals surface area (Å²) in [6, 6.07) is 5.47. The summed E-state index contributed by atoms with van der Waals surface area (Å²) in [4.78, 5) is 0. The Balaban J connectivity index is 2.30. The molecule has 0 amide bonds. The molecule has 0 aliphatic heterocycles. The van der Waals surface area contributed by atoms with Gasteiger partial charge in [-0.25, -0.2) is 4.39 Å². The van der Waals surface area contributed by atoms with E-state index in [1.807, 2.05) is 6.92 Å². The SMILES string of the molecule is Cc1cc(F)cc(C2CC(C)(C)CCC2N)c1. The first-order valence-corrected chi connectivity index (χ1v) is 6.40. The first kappa shape index (κ1) is 12.6. The normalized spacial score (nSPS) is 28.1. The third-order valence-electron chi connectivity index (χ3n) is 3.94. The van der Waals surface area contributed by atoms with Crippen LogP contribution in [-0.2, 0) is 0 Å². The fourth-order valence-electron chi connectivity index (χ4n) is 2.95. The third-order valence-corrected chi connectivity index (χ3v) is 3.94. The first-order chi connectivity index (χ1) is 7.87. The van der Waals surface area contributed by atoms with Crippen LogP contribution in [0.3, 0.4) is 0 Å². The van der Waals surface area contributed by atoms with Crippen molar-refractivity contribution < 1.29 is 4.39 Å². The Morgan fingerprint density at radius 3 is 2.65 bits per heavy atom. The first-order valence-electron chi connectivity index (χ1n) is 6.40. The Bertz CT molecular complexity index is 391. The van der Waals surface area contributed by atoms with Gasteiger partial charge in [-0.1, -0.05) is 19.9 Å². The van der Waals surface area contributed by atoms with Crippen LogP contribution in [0.25, 0.3) is 0 Å². The molecule has 2 N–H and O–H groups in total. The lowest BCUT2D eigenvalue weighted by atomic mass is 9.68. The van der Waals surface area contributed by atoms with Crippen molar-refractivity contribution in [3.63, 3.8) is 0 Å². The summed E-state index contributed by atoms with van der Waals surface area (Å²) < 4.78 is 13.5. The van der Waals surface area contributed by atoms with Gasteiger partial charge in [-0.15, -0.1) is 0 Å². The molecule has 2 atom stereocenters. The van der Waals surface area contributed by atoms with Gasteiger partial charge in [0, 0.05) is 6.04 Å². The van der Waals surface area contributed by atoms with Gasteiger partial charge in [0.05, 0.1) is 0 Å². The summed E-state index contributed by atoms with van der Waals surface area (Å²) in [6.07, 6.45) is 3.25. The van der Waals surface area contributed by atoms with Gasteiger partial charge < -0.3 is 5.73 Å². The van der Waals surface area contributed by atoms with Gasteiger partial charge in [0.1, 0.15) is 5.82 Å². The molecule has 1 aliphatic rings. The van der Waals surface area contributed by atoms with E-state index < -0.39 is 0 Å². The van der Waals surface area contributed by atoms with Crippen LogP contribution in [0.15, 0.2) is 18.2 Å². The van der Waals surface area contributed by atoms with E-state index in [4.69, 9.17) is 5.73 Å². The Morgan fingerprint density at radius 1 is 1.29 bits per heavy atom. The molecule has 1 saturated carbocycles. The second kappa shape index (κ2) is 4.41. The zero-order valence-electron chi connectivity index (χ0n) is 11.0. The van der Waals surface area contributed by atoms with Crippen LogP contribution >= 0.6 is 0 Å². The summed E-state index contributed by atoms with van der Waals surface area (Å²) in [7, 11) is 0. The van der Waals surface area contributed by atoms with E-state index in [9.17, 15) is 4.39 Å². The molecule has 2 rings (SSSR count). The van der Waals surface area contributed by atoms with E-state index in [1.54, 1.807) is 12.1 Å². The molecule has 17 heavy (non-hydrogen) atoms. The minimum Gasteiger partial charge on any atom is -0.327 e. The van der Waals surface area contributed by atoms with Gasteiger partial charge in [-0.05, 0) is 60.8 Å². The summed E-state index contributed by atoms with van der Waals surface area (Å²) in [5.74, 6) is 0.156. The fraction of sp³-hybridized carbons (Fsp3) is 0.600. The monoisotopic (exact) mass is 235 g/mol. The molecule has 94 valence electrons. The van der Waals surface area contributed by atoms with Crippen LogP contribution in [0.4, 0.5) is 4.39 Å². The third kappa shape index (κ3) is 2.86. The van der Waals surface area contributed by atoms with Crippen LogP contribution in [0.5, 0.6) is 0 Å². The van der Waals surface area contributed by atoms with E-state index in [0.29, 0.717) is 11.3 Å². The quantitative estimate of drug-likeness (QED) is 0.788. The average molecular weight is 235 g/mol. The van der Waals surface area contributed by atoms with Gasteiger partial charge >= 0.3 is 0 Å². The molecular weight excluding hydrogens is 213 g/mol. The van der Waals surface area contributed by atoms with Gasteiger partial charge in [0.25, 0.3) is 0 Å². The molecule has 1 nitrogen and oxygen atoms in total. The van der Waals surface area contributed by atoms with E-state index in [2.05, 4.69) is 19.9 Å². The smallest absolute Gasteiger partial charge is 0.123 e. The topological polar surface area (TPSA) is 26.0 Å².